The van der Waals surface area contributed by atoms with Crippen molar-refractivity contribution in [2.45, 2.75) is 33.4 Å². The quantitative estimate of drug-likeness (QED) is 0.694. The molecule has 7 heteroatoms. The zero-order chi connectivity index (χ0) is 19.2. The van der Waals surface area contributed by atoms with E-state index in [4.69, 9.17) is 4.42 Å². The lowest BCUT2D eigenvalue weighted by molar-refractivity contribution is 0.206. The molecule has 142 valence electrons. The molecule has 2 aromatic heterocycles. The summed E-state index contributed by atoms with van der Waals surface area (Å²) in [5.74, 6) is 0.554. The van der Waals surface area contributed by atoms with Crippen molar-refractivity contribution < 1.29 is 9.21 Å². The zero-order valence-electron chi connectivity index (χ0n) is 16.0. The minimum absolute atomic E-state index is 0.132. The van der Waals surface area contributed by atoms with Crippen molar-refractivity contribution in [2.75, 3.05) is 13.6 Å². The highest BCUT2D eigenvalue weighted by molar-refractivity contribution is 5.73. The Hall–Kier alpha value is -3.09. The van der Waals surface area contributed by atoms with E-state index in [0.717, 1.165) is 29.9 Å². The number of nitrogens with one attached hydrogen (secondary N) is 1. The van der Waals surface area contributed by atoms with Crippen molar-refractivity contribution in [1.82, 2.24) is 25.0 Å². The van der Waals surface area contributed by atoms with Gasteiger partial charge in [0, 0.05) is 31.4 Å². The molecule has 0 saturated heterocycles. The van der Waals surface area contributed by atoms with Crippen LogP contribution in [0.4, 0.5) is 4.79 Å². The molecular formula is C20H25N5O2. The first-order chi connectivity index (χ1) is 13.0. The number of aromatic nitrogens is 3. The van der Waals surface area contributed by atoms with Crippen LogP contribution < -0.4 is 5.32 Å². The molecule has 1 aromatic carbocycles. The van der Waals surface area contributed by atoms with E-state index in [1.807, 2.05) is 48.9 Å². The average molecular weight is 367 g/mol. The van der Waals surface area contributed by atoms with Crippen LogP contribution >= 0.6 is 0 Å². The summed E-state index contributed by atoms with van der Waals surface area (Å²) in [6.07, 6.45) is 2.42. The molecule has 0 radical (unpaired) electrons. The smallest absolute Gasteiger partial charge is 0.317 e. The Kier molecular flexibility index (Phi) is 5.90. The van der Waals surface area contributed by atoms with Gasteiger partial charge in [-0.3, -0.25) is 4.68 Å². The Morgan fingerprint density at radius 2 is 2.04 bits per heavy atom. The van der Waals surface area contributed by atoms with Crippen LogP contribution in [0.3, 0.4) is 0 Å². The highest BCUT2D eigenvalue weighted by Crippen LogP contribution is 2.17. The topological polar surface area (TPSA) is 76.2 Å². The predicted molar refractivity (Wildman–Crippen MR) is 103 cm³/mol. The molecule has 1 N–H and O–H groups in total. The average Bonchev–Trinajstić information content (AvgIpc) is 3.26. The zero-order valence-corrected chi connectivity index (χ0v) is 16.0. The number of carbonyl (C=O) groups is 1. The van der Waals surface area contributed by atoms with Gasteiger partial charge >= 0.3 is 6.03 Å². The van der Waals surface area contributed by atoms with Gasteiger partial charge in [0.2, 0.25) is 5.89 Å². The van der Waals surface area contributed by atoms with Crippen LogP contribution in [0.1, 0.15) is 23.5 Å². The number of hydrogen-bond donors (Lipinski definition) is 1. The van der Waals surface area contributed by atoms with Crippen molar-refractivity contribution in [3.8, 4) is 11.5 Å². The Morgan fingerprint density at radius 1 is 1.26 bits per heavy atom. The monoisotopic (exact) mass is 367 g/mol. The molecule has 0 unspecified atom stereocenters. The third-order valence-electron chi connectivity index (χ3n) is 4.31. The molecule has 0 aliphatic rings. The third-order valence-corrected chi connectivity index (χ3v) is 4.31. The van der Waals surface area contributed by atoms with E-state index in [9.17, 15) is 4.79 Å². The maximum atomic E-state index is 12.2. The molecule has 3 rings (SSSR count). The van der Waals surface area contributed by atoms with Crippen molar-refractivity contribution in [1.29, 1.82) is 0 Å². The number of hydrogen-bond acceptors (Lipinski definition) is 4. The van der Waals surface area contributed by atoms with Gasteiger partial charge in [0.15, 0.2) is 0 Å². The van der Waals surface area contributed by atoms with Crippen LogP contribution in [-0.2, 0) is 13.1 Å². The summed E-state index contributed by atoms with van der Waals surface area (Å²) in [7, 11) is 1.79. The highest BCUT2D eigenvalue weighted by Gasteiger charge is 2.11. The van der Waals surface area contributed by atoms with Crippen molar-refractivity contribution in [3.05, 3.63) is 59.7 Å². The van der Waals surface area contributed by atoms with Gasteiger partial charge in [-0.2, -0.15) is 5.10 Å². The van der Waals surface area contributed by atoms with E-state index < -0.39 is 0 Å². The molecular weight excluding hydrogens is 342 g/mol. The second-order valence-corrected chi connectivity index (χ2v) is 6.59. The number of rotatable bonds is 7. The van der Waals surface area contributed by atoms with Crippen LogP contribution in [0.5, 0.6) is 0 Å². The van der Waals surface area contributed by atoms with Crippen LogP contribution in [-0.4, -0.2) is 39.3 Å². The van der Waals surface area contributed by atoms with Gasteiger partial charge in [-0.25, -0.2) is 9.78 Å². The second kappa shape index (κ2) is 8.53. The van der Waals surface area contributed by atoms with Crippen LogP contribution in [0.2, 0.25) is 0 Å². The van der Waals surface area contributed by atoms with E-state index in [0.29, 0.717) is 24.7 Å². The van der Waals surface area contributed by atoms with E-state index in [1.54, 1.807) is 18.2 Å². The number of oxazole rings is 1. The summed E-state index contributed by atoms with van der Waals surface area (Å²) in [6, 6.07) is 11.6. The standard InChI is InChI=1S/C20H25N5O2/c1-15-12-16(2)25(23-15)11-7-10-24(3)20(26)21-13-18-14-27-19(22-18)17-8-5-4-6-9-17/h4-6,8-9,12,14H,7,10-11,13H2,1-3H3,(H,21,26). The van der Waals surface area contributed by atoms with Crippen molar-refractivity contribution in [3.63, 3.8) is 0 Å². The number of nitrogens with zero attached hydrogens (tertiary/aromatic N) is 4. The van der Waals surface area contributed by atoms with Gasteiger partial charge in [-0.15, -0.1) is 0 Å². The molecule has 0 aliphatic carbocycles. The summed E-state index contributed by atoms with van der Waals surface area (Å²) in [5, 5.41) is 7.30. The Bertz CT molecular complexity index is 885. The summed E-state index contributed by atoms with van der Waals surface area (Å²) in [5.41, 5.74) is 3.76. The fourth-order valence-corrected chi connectivity index (χ4v) is 2.86. The lowest BCUT2D eigenvalue weighted by Crippen LogP contribution is -2.37. The molecule has 27 heavy (non-hydrogen) atoms. The predicted octanol–water partition coefficient (Wildman–Crippen LogP) is 3.39. The summed E-state index contributed by atoms with van der Waals surface area (Å²) in [4.78, 5) is 18.3. The first kappa shape index (κ1) is 18.7. The van der Waals surface area contributed by atoms with E-state index in [-0.39, 0.29) is 6.03 Å². The minimum Gasteiger partial charge on any atom is -0.444 e. The van der Waals surface area contributed by atoms with Gasteiger partial charge in [0.1, 0.15) is 6.26 Å². The van der Waals surface area contributed by atoms with E-state index in [2.05, 4.69) is 21.5 Å². The Morgan fingerprint density at radius 3 is 2.74 bits per heavy atom. The molecule has 3 aromatic rings. The molecule has 0 bridgehead atoms. The van der Waals surface area contributed by atoms with Crippen molar-refractivity contribution >= 4 is 6.03 Å². The SMILES string of the molecule is Cc1cc(C)n(CCCN(C)C(=O)NCc2coc(-c3ccccc3)n2)n1. The summed E-state index contributed by atoms with van der Waals surface area (Å²) in [6.45, 7) is 5.80. The molecule has 0 fully saturated rings. The molecule has 0 spiro atoms. The van der Waals surface area contributed by atoms with E-state index in [1.165, 1.54) is 0 Å². The van der Waals surface area contributed by atoms with E-state index >= 15 is 0 Å². The fourth-order valence-electron chi connectivity index (χ4n) is 2.86. The van der Waals surface area contributed by atoms with Gasteiger partial charge in [-0.05, 0) is 38.5 Å². The number of urea groups is 1. The highest BCUT2D eigenvalue weighted by atomic mass is 16.3. The lowest BCUT2D eigenvalue weighted by Gasteiger charge is -2.17. The van der Waals surface area contributed by atoms with Gasteiger partial charge in [-0.1, -0.05) is 18.2 Å². The normalized spacial score (nSPS) is 10.8. The Balaban J connectivity index is 1.43. The summed E-state index contributed by atoms with van der Waals surface area (Å²) >= 11 is 0. The molecule has 0 saturated carbocycles. The maximum Gasteiger partial charge on any atom is 0.317 e. The molecule has 0 atom stereocenters. The van der Waals surface area contributed by atoms with Crippen LogP contribution in [0.15, 0.2) is 47.1 Å². The van der Waals surface area contributed by atoms with Gasteiger partial charge in [0.05, 0.1) is 17.9 Å². The number of carbonyl (C=O) groups excluding carboxylic acids is 1. The molecule has 2 amide bonds. The van der Waals surface area contributed by atoms with Gasteiger partial charge in [0.25, 0.3) is 0 Å². The molecule has 7 nitrogen and oxygen atoms in total. The third kappa shape index (κ3) is 4.97. The fraction of sp³-hybridized carbons (Fsp3) is 0.350. The van der Waals surface area contributed by atoms with Crippen LogP contribution in [0, 0.1) is 13.8 Å². The molecule has 0 aliphatic heterocycles. The lowest BCUT2D eigenvalue weighted by atomic mass is 10.2. The number of benzene rings is 1. The van der Waals surface area contributed by atoms with Crippen molar-refractivity contribution in [2.24, 2.45) is 0 Å². The minimum atomic E-state index is -0.132. The Labute approximate surface area is 159 Å². The first-order valence-electron chi connectivity index (χ1n) is 9.03. The van der Waals surface area contributed by atoms with Crippen LogP contribution in [0.25, 0.3) is 11.5 Å². The number of aryl methyl sites for hydroxylation is 3. The largest absolute Gasteiger partial charge is 0.444 e. The first-order valence-corrected chi connectivity index (χ1v) is 9.03. The maximum absolute atomic E-state index is 12.2. The summed E-state index contributed by atoms with van der Waals surface area (Å²) < 4.78 is 7.46. The molecule has 2 heterocycles. The number of amides is 2. The van der Waals surface area contributed by atoms with Gasteiger partial charge < -0.3 is 14.6 Å². The second-order valence-electron chi connectivity index (χ2n) is 6.59.